The second-order valence-electron chi connectivity index (χ2n) is 5.19. The van der Waals surface area contributed by atoms with Crippen LogP contribution >= 0.6 is 0 Å². The van der Waals surface area contributed by atoms with Crippen LogP contribution in [0.3, 0.4) is 0 Å². The number of hydrogen-bond acceptors (Lipinski definition) is 4. The molecule has 0 saturated carbocycles. The molecule has 6 heteroatoms. The van der Waals surface area contributed by atoms with Crippen LogP contribution in [0.2, 0.25) is 0 Å². The van der Waals surface area contributed by atoms with Crippen molar-refractivity contribution in [3.63, 3.8) is 0 Å². The number of ether oxygens (including phenoxy) is 2. The van der Waals surface area contributed by atoms with Crippen molar-refractivity contribution in [3.8, 4) is 22.9 Å². The van der Waals surface area contributed by atoms with Gasteiger partial charge in [-0.2, -0.15) is 0 Å². The summed E-state index contributed by atoms with van der Waals surface area (Å²) < 4.78 is 25.1. The Morgan fingerprint density at radius 2 is 1.88 bits per heavy atom. The summed E-state index contributed by atoms with van der Waals surface area (Å²) in [6.07, 6.45) is 6.55. The molecule has 0 saturated heterocycles. The third-order valence-electron chi connectivity index (χ3n) is 3.22. The van der Waals surface area contributed by atoms with Gasteiger partial charge in [-0.1, -0.05) is 20.3 Å². The molecule has 0 fully saturated rings. The Morgan fingerprint density at radius 3 is 2.50 bits per heavy atom. The maximum absolute atomic E-state index is 13.0. The van der Waals surface area contributed by atoms with E-state index in [2.05, 4.69) is 23.8 Å². The highest BCUT2D eigenvalue weighted by Gasteiger charge is 2.10. The summed E-state index contributed by atoms with van der Waals surface area (Å²) in [5, 5.41) is 0. The number of hydrogen-bond donors (Lipinski definition) is 0. The number of alkyl halides is 1. The summed E-state index contributed by atoms with van der Waals surface area (Å²) in [7, 11) is 3.08. The summed E-state index contributed by atoms with van der Waals surface area (Å²) in [6, 6.07) is 5.39. The highest BCUT2D eigenvalue weighted by atomic mass is 19.1. The van der Waals surface area contributed by atoms with Crippen molar-refractivity contribution < 1.29 is 13.9 Å². The highest BCUT2D eigenvalue weighted by Crippen LogP contribution is 2.25. The predicted octanol–water partition coefficient (Wildman–Crippen LogP) is 4.30. The largest absolute Gasteiger partial charge is 0.495 e. The predicted molar refractivity (Wildman–Crippen MR) is 92.3 cm³/mol. The molecule has 0 N–H and O–H groups in total. The van der Waals surface area contributed by atoms with Crippen LogP contribution in [-0.2, 0) is 6.67 Å². The maximum Gasteiger partial charge on any atom is 0.218 e. The number of halogens is 1. The number of aromatic nitrogens is 3. The lowest BCUT2D eigenvalue weighted by atomic mass is 10.1. The summed E-state index contributed by atoms with van der Waals surface area (Å²) in [4.78, 5) is 8.61. The van der Waals surface area contributed by atoms with Crippen LogP contribution in [0.4, 0.5) is 4.39 Å². The SMILES string of the molecule is CCC.COc1ccc2nc(-c3cnc(OC)c(CF)c3)cn2c1. The van der Waals surface area contributed by atoms with Crippen LogP contribution in [0, 0.1) is 0 Å². The average Bonchev–Trinajstić information content (AvgIpc) is 3.04. The third-order valence-corrected chi connectivity index (χ3v) is 3.22. The van der Waals surface area contributed by atoms with E-state index in [-0.39, 0.29) is 0 Å². The van der Waals surface area contributed by atoms with Gasteiger partial charge < -0.3 is 13.9 Å². The van der Waals surface area contributed by atoms with Gasteiger partial charge in [-0.05, 0) is 18.2 Å². The zero-order valence-electron chi connectivity index (χ0n) is 14.4. The maximum atomic E-state index is 13.0. The summed E-state index contributed by atoms with van der Waals surface area (Å²) in [5.41, 5.74) is 2.65. The van der Waals surface area contributed by atoms with Crippen molar-refractivity contribution in [2.75, 3.05) is 14.2 Å². The molecule has 128 valence electrons. The third kappa shape index (κ3) is 3.82. The van der Waals surface area contributed by atoms with Crippen molar-refractivity contribution >= 4 is 5.65 Å². The van der Waals surface area contributed by atoms with Crippen LogP contribution in [0.1, 0.15) is 25.8 Å². The number of methoxy groups -OCH3 is 2. The number of imidazole rings is 1. The molecule has 0 unspecified atom stereocenters. The Labute approximate surface area is 141 Å². The van der Waals surface area contributed by atoms with Gasteiger partial charge in [0.2, 0.25) is 5.88 Å². The van der Waals surface area contributed by atoms with E-state index in [1.807, 2.05) is 28.9 Å². The van der Waals surface area contributed by atoms with Gasteiger partial charge in [-0.25, -0.2) is 14.4 Å². The van der Waals surface area contributed by atoms with Crippen LogP contribution in [0.25, 0.3) is 16.9 Å². The van der Waals surface area contributed by atoms with Gasteiger partial charge in [0.15, 0.2) is 0 Å². The van der Waals surface area contributed by atoms with E-state index in [9.17, 15) is 4.39 Å². The molecule has 3 aromatic rings. The fourth-order valence-corrected chi connectivity index (χ4v) is 2.15. The molecule has 0 radical (unpaired) electrons. The molecular formula is C18H22FN3O2. The first-order valence-corrected chi connectivity index (χ1v) is 7.78. The lowest BCUT2D eigenvalue weighted by Crippen LogP contribution is -1.94. The van der Waals surface area contributed by atoms with Crippen LogP contribution in [0.15, 0.2) is 36.8 Å². The quantitative estimate of drug-likeness (QED) is 0.715. The first-order chi connectivity index (χ1) is 11.7. The molecule has 3 heterocycles. The molecule has 0 atom stereocenters. The topological polar surface area (TPSA) is 48.7 Å². The van der Waals surface area contributed by atoms with Gasteiger partial charge in [0.1, 0.15) is 18.1 Å². The molecule has 0 bridgehead atoms. The Hall–Kier alpha value is -2.63. The molecule has 0 aliphatic rings. The average molecular weight is 331 g/mol. The van der Waals surface area contributed by atoms with Gasteiger partial charge in [0.05, 0.1) is 26.1 Å². The monoisotopic (exact) mass is 331 g/mol. The zero-order chi connectivity index (χ0) is 17.5. The molecular weight excluding hydrogens is 309 g/mol. The van der Waals surface area contributed by atoms with Gasteiger partial charge in [-0.3, -0.25) is 0 Å². The molecule has 5 nitrogen and oxygen atoms in total. The number of fused-ring (bicyclic) bond motifs is 1. The van der Waals surface area contributed by atoms with E-state index in [0.29, 0.717) is 17.1 Å². The number of rotatable bonds is 4. The molecule has 0 amide bonds. The van der Waals surface area contributed by atoms with Crippen LogP contribution in [-0.4, -0.2) is 28.6 Å². The molecule has 0 aromatic carbocycles. The Balaban J connectivity index is 0.000000647. The first-order valence-electron chi connectivity index (χ1n) is 7.78. The van der Waals surface area contributed by atoms with E-state index in [1.54, 1.807) is 19.4 Å². The molecule has 3 rings (SSSR count). The summed E-state index contributed by atoms with van der Waals surface area (Å²) in [6.45, 7) is 3.62. The summed E-state index contributed by atoms with van der Waals surface area (Å²) in [5.74, 6) is 1.04. The number of nitrogens with zero attached hydrogens (tertiary/aromatic N) is 3. The van der Waals surface area contributed by atoms with Crippen molar-refractivity contribution in [2.24, 2.45) is 0 Å². The van der Waals surface area contributed by atoms with Crippen molar-refractivity contribution in [1.29, 1.82) is 0 Å². The van der Waals surface area contributed by atoms with E-state index >= 15 is 0 Å². The van der Waals surface area contributed by atoms with E-state index in [0.717, 1.165) is 17.0 Å². The lowest BCUT2D eigenvalue weighted by molar-refractivity contribution is 0.378. The van der Waals surface area contributed by atoms with E-state index in [4.69, 9.17) is 9.47 Å². The highest BCUT2D eigenvalue weighted by molar-refractivity contribution is 5.63. The van der Waals surface area contributed by atoms with E-state index < -0.39 is 6.67 Å². The van der Waals surface area contributed by atoms with Crippen molar-refractivity contribution in [1.82, 2.24) is 14.4 Å². The molecule has 0 spiro atoms. The summed E-state index contributed by atoms with van der Waals surface area (Å²) >= 11 is 0. The Kier molecular flexibility index (Phi) is 6.12. The van der Waals surface area contributed by atoms with Crippen LogP contribution < -0.4 is 9.47 Å². The van der Waals surface area contributed by atoms with Gasteiger partial charge >= 0.3 is 0 Å². The molecule has 0 aliphatic carbocycles. The smallest absolute Gasteiger partial charge is 0.218 e. The minimum Gasteiger partial charge on any atom is -0.495 e. The van der Waals surface area contributed by atoms with Crippen LogP contribution in [0.5, 0.6) is 11.6 Å². The van der Waals surface area contributed by atoms with Crippen molar-refractivity contribution in [3.05, 3.63) is 42.4 Å². The van der Waals surface area contributed by atoms with Gasteiger partial charge in [0.25, 0.3) is 0 Å². The fraction of sp³-hybridized carbons (Fsp3) is 0.333. The first kappa shape index (κ1) is 17.7. The Morgan fingerprint density at radius 1 is 1.12 bits per heavy atom. The minimum atomic E-state index is -0.634. The standard InChI is InChI=1S/C15H14FN3O2.C3H8/c1-20-12-3-4-14-18-13(9-19(14)8-12)11-5-10(6-16)15(21-2)17-7-11;1-3-2/h3-5,7-9H,6H2,1-2H3;3H2,1-2H3. The second-order valence-corrected chi connectivity index (χ2v) is 5.19. The van der Waals surface area contributed by atoms with E-state index in [1.165, 1.54) is 13.5 Å². The van der Waals surface area contributed by atoms with Gasteiger partial charge in [0, 0.05) is 23.5 Å². The normalized spacial score (nSPS) is 10.2. The molecule has 3 aromatic heterocycles. The zero-order valence-corrected chi connectivity index (χ0v) is 14.4. The Bertz CT molecular complexity index is 802. The second kappa shape index (κ2) is 8.29. The lowest BCUT2D eigenvalue weighted by Gasteiger charge is -2.05. The molecule has 0 aliphatic heterocycles. The number of pyridine rings is 2. The van der Waals surface area contributed by atoms with Gasteiger partial charge in [-0.15, -0.1) is 0 Å². The minimum absolute atomic E-state index is 0.298. The fourth-order valence-electron chi connectivity index (χ4n) is 2.15. The van der Waals surface area contributed by atoms with Crippen molar-refractivity contribution in [2.45, 2.75) is 26.9 Å². The molecule has 24 heavy (non-hydrogen) atoms.